The van der Waals surface area contributed by atoms with Crippen LogP contribution in [0.15, 0.2) is 30.3 Å². The minimum Gasteiger partial charge on any atom is -0.467 e. The van der Waals surface area contributed by atoms with Gasteiger partial charge in [0.25, 0.3) is 0 Å². The summed E-state index contributed by atoms with van der Waals surface area (Å²) in [5.41, 5.74) is 0.783. The molecular formula is C29H46N4O8. The average Bonchev–Trinajstić information content (AvgIpc) is 2.94. The smallest absolute Gasteiger partial charge is 0.408 e. The predicted molar refractivity (Wildman–Crippen MR) is 152 cm³/mol. The molecule has 0 aromatic heterocycles. The summed E-state index contributed by atoms with van der Waals surface area (Å²) >= 11 is 0. The highest BCUT2D eigenvalue weighted by molar-refractivity contribution is 5.95. The topological polar surface area (TPSA) is 172 Å². The largest absolute Gasteiger partial charge is 0.467 e. The standard InChI is InChI=1S/C29H46N4O8/c1-8-13-21(28(38)40-7)30-27(37)24(19(6)34)32-26(36)23(18(5)9-2)31-25(35)22(17(3)4)33-29(39)41-16-20-14-11-10-12-15-20/h10-12,14-15,17-19,21-24,34H,8-9,13,16H2,1-7H3,(H,30,37)(H,31,35)(H,32,36)(H,33,39)/t18-,19-,21+,22+,23-,24+/m1/s1. The molecule has 1 aromatic rings. The van der Waals surface area contributed by atoms with Gasteiger partial charge in [0.15, 0.2) is 0 Å². The number of hydrogen-bond acceptors (Lipinski definition) is 8. The van der Waals surface area contributed by atoms with Crippen molar-refractivity contribution in [2.75, 3.05) is 7.11 Å². The van der Waals surface area contributed by atoms with Gasteiger partial charge in [0, 0.05) is 0 Å². The van der Waals surface area contributed by atoms with Crippen LogP contribution >= 0.6 is 0 Å². The monoisotopic (exact) mass is 578 g/mol. The zero-order valence-electron chi connectivity index (χ0n) is 25.1. The molecule has 41 heavy (non-hydrogen) atoms. The molecule has 4 amide bonds. The molecule has 0 aliphatic carbocycles. The van der Waals surface area contributed by atoms with Gasteiger partial charge < -0.3 is 35.8 Å². The number of methoxy groups -OCH3 is 1. The maximum absolute atomic E-state index is 13.4. The SMILES string of the molecule is CCC[C@H](NC(=O)[C@@H](NC(=O)[C@H](NC(=O)[C@@H](NC(=O)OCc1ccccc1)C(C)C)[C@H](C)CC)[C@@H](C)O)C(=O)OC. The number of benzene rings is 1. The van der Waals surface area contributed by atoms with Crippen LogP contribution in [0, 0.1) is 11.8 Å². The summed E-state index contributed by atoms with van der Waals surface area (Å²) in [6, 6.07) is 4.63. The predicted octanol–water partition coefficient (Wildman–Crippen LogP) is 1.79. The van der Waals surface area contributed by atoms with Crippen LogP contribution in [0.4, 0.5) is 4.79 Å². The molecule has 0 unspecified atom stereocenters. The number of alkyl carbamates (subject to hydrolysis) is 1. The molecule has 1 rings (SSSR count). The van der Waals surface area contributed by atoms with Gasteiger partial charge in [-0.15, -0.1) is 0 Å². The first-order valence-corrected chi connectivity index (χ1v) is 14.0. The second kappa shape index (κ2) is 17.9. The van der Waals surface area contributed by atoms with Crippen LogP contribution in [-0.4, -0.2) is 72.3 Å². The molecule has 5 N–H and O–H groups in total. The Hall–Kier alpha value is -3.67. The van der Waals surface area contributed by atoms with E-state index in [0.717, 1.165) is 5.56 Å². The van der Waals surface area contributed by atoms with E-state index in [9.17, 15) is 29.1 Å². The van der Waals surface area contributed by atoms with E-state index in [0.29, 0.717) is 19.3 Å². The van der Waals surface area contributed by atoms with E-state index in [4.69, 9.17) is 9.47 Å². The Labute approximate surface area is 242 Å². The number of rotatable bonds is 16. The van der Waals surface area contributed by atoms with E-state index in [2.05, 4.69) is 21.3 Å². The number of carbonyl (C=O) groups is 5. The van der Waals surface area contributed by atoms with Crippen molar-refractivity contribution in [1.29, 1.82) is 0 Å². The van der Waals surface area contributed by atoms with Crippen molar-refractivity contribution in [3.63, 3.8) is 0 Å². The van der Waals surface area contributed by atoms with E-state index in [-0.39, 0.29) is 18.4 Å². The fourth-order valence-corrected chi connectivity index (χ4v) is 3.96. The lowest BCUT2D eigenvalue weighted by Gasteiger charge is -2.30. The third kappa shape index (κ3) is 11.8. The molecule has 0 bridgehead atoms. The fraction of sp³-hybridized carbons (Fsp3) is 0.621. The lowest BCUT2D eigenvalue weighted by Crippen LogP contribution is -2.61. The third-order valence-electron chi connectivity index (χ3n) is 6.67. The summed E-state index contributed by atoms with van der Waals surface area (Å²) in [6.07, 6.45) is -0.702. The number of ether oxygens (including phenoxy) is 2. The van der Waals surface area contributed by atoms with Crippen LogP contribution in [0.1, 0.15) is 66.4 Å². The minimum atomic E-state index is -1.40. The highest BCUT2D eigenvalue weighted by atomic mass is 16.5. The molecule has 0 fully saturated rings. The molecule has 0 radical (unpaired) electrons. The summed E-state index contributed by atoms with van der Waals surface area (Å²) in [4.78, 5) is 64.1. The normalized spacial score (nSPS) is 15.3. The van der Waals surface area contributed by atoms with E-state index in [1.807, 2.05) is 32.0 Å². The van der Waals surface area contributed by atoms with Gasteiger partial charge in [0.1, 0.15) is 30.8 Å². The highest BCUT2D eigenvalue weighted by Gasteiger charge is 2.35. The van der Waals surface area contributed by atoms with Gasteiger partial charge in [-0.05, 0) is 30.7 Å². The first-order valence-electron chi connectivity index (χ1n) is 14.0. The van der Waals surface area contributed by atoms with Gasteiger partial charge in [-0.1, -0.05) is 77.8 Å². The van der Waals surface area contributed by atoms with Crippen LogP contribution in [0.3, 0.4) is 0 Å². The lowest BCUT2D eigenvalue weighted by atomic mass is 9.96. The van der Waals surface area contributed by atoms with E-state index in [1.54, 1.807) is 32.9 Å². The molecule has 0 aliphatic heterocycles. The first kappa shape index (κ1) is 35.4. The van der Waals surface area contributed by atoms with Crippen molar-refractivity contribution in [3.8, 4) is 0 Å². The Morgan fingerprint density at radius 2 is 1.37 bits per heavy atom. The van der Waals surface area contributed by atoms with E-state index in [1.165, 1.54) is 14.0 Å². The van der Waals surface area contributed by atoms with Gasteiger partial charge in [0.2, 0.25) is 17.7 Å². The summed E-state index contributed by atoms with van der Waals surface area (Å²) in [5, 5.41) is 20.6. The number of hydrogen-bond donors (Lipinski definition) is 5. The number of nitrogens with one attached hydrogen (secondary N) is 4. The van der Waals surface area contributed by atoms with Crippen molar-refractivity contribution in [1.82, 2.24) is 21.3 Å². The van der Waals surface area contributed by atoms with Crippen LogP contribution in [0.5, 0.6) is 0 Å². The molecule has 1 aromatic carbocycles. The summed E-state index contributed by atoms with van der Waals surface area (Å²) in [7, 11) is 1.20. The van der Waals surface area contributed by atoms with Crippen LogP contribution in [0.2, 0.25) is 0 Å². The molecule has 0 heterocycles. The Morgan fingerprint density at radius 1 is 0.805 bits per heavy atom. The molecule has 12 heteroatoms. The second-order valence-corrected chi connectivity index (χ2v) is 10.4. The summed E-state index contributed by atoms with van der Waals surface area (Å²) in [5.74, 6) is -3.43. The van der Waals surface area contributed by atoms with Gasteiger partial charge in [0.05, 0.1) is 13.2 Å². The minimum absolute atomic E-state index is 0.0227. The average molecular weight is 579 g/mol. The number of aliphatic hydroxyl groups excluding tert-OH is 1. The van der Waals surface area contributed by atoms with Gasteiger partial charge >= 0.3 is 12.1 Å². The Kier molecular flexibility index (Phi) is 15.4. The molecule has 6 atom stereocenters. The van der Waals surface area contributed by atoms with Crippen molar-refractivity contribution in [3.05, 3.63) is 35.9 Å². The molecular weight excluding hydrogens is 532 g/mol. The molecule has 0 aliphatic rings. The second-order valence-electron chi connectivity index (χ2n) is 10.4. The van der Waals surface area contributed by atoms with Gasteiger partial charge in [-0.3, -0.25) is 14.4 Å². The van der Waals surface area contributed by atoms with E-state index >= 15 is 0 Å². The summed E-state index contributed by atoms with van der Waals surface area (Å²) in [6.45, 7) is 10.2. The number of carbonyl (C=O) groups excluding carboxylic acids is 5. The Morgan fingerprint density at radius 3 is 1.88 bits per heavy atom. The van der Waals surface area contributed by atoms with Crippen molar-refractivity contribution in [2.45, 2.75) is 97.7 Å². The number of amides is 4. The zero-order chi connectivity index (χ0) is 31.1. The maximum atomic E-state index is 13.4. The van der Waals surface area contributed by atoms with Crippen LogP contribution in [0.25, 0.3) is 0 Å². The maximum Gasteiger partial charge on any atom is 0.408 e. The molecule has 0 spiro atoms. The Bertz CT molecular complexity index is 1000. The molecule has 0 saturated carbocycles. The van der Waals surface area contributed by atoms with Crippen molar-refractivity contribution < 1.29 is 38.6 Å². The van der Waals surface area contributed by atoms with Crippen molar-refractivity contribution >= 4 is 29.8 Å². The van der Waals surface area contributed by atoms with Crippen LogP contribution < -0.4 is 21.3 Å². The molecule has 12 nitrogen and oxygen atoms in total. The van der Waals surface area contributed by atoms with E-state index < -0.39 is 60.1 Å². The van der Waals surface area contributed by atoms with Crippen molar-refractivity contribution in [2.24, 2.45) is 11.8 Å². The number of aliphatic hydroxyl groups is 1. The fourth-order valence-electron chi connectivity index (χ4n) is 3.96. The first-order chi connectivity index (χ1) is 19.4. The lowest BCUT2D eigenvalue weighted by molar-refractivity contribution is -0.146. The Balaban J connectivity index is 2.99. The summed E-state index contributed by atoms with van der Waals surface area (Å²) < 4.78 is 9.98. The van der Waals surface area contributed by atoms with Gasteiger partial charge in [-0.25, -0.2) is 9.59 Å². The van der Waals surface area contributed by atoms with Gasteiger partial charge in [-0.2, -0.15) is 0 Å². The number of esters is 1. The zero-order valence-corrected chi connectivity index (χ0v) is 25.1. The van der Waals surface area contributed by atoms with Crippen LogP contribution in [-0.2, 0) is 35.3 Å². The molecule has 230 valence electrons. The quantitative estimate of drug-likeness (QED) is 0.185. The molecule has 0 saturated heterocycles. The third-order valence-corrected chi connectivity index (χ3v) is 6.67. The highest BCUT2D eigenvalue weighted by Crippen LogP contribution is 2.12.